The monoisotopic (exact) mass is 426 g/mol. The molecule has 1 aliphatic rings. The van der Waals surface area contributed by atoms with Gasteiger partial charge in [-0.3, -0.25) is 9.59 Å². The number of carbonyl (C=O) groups is 2. The normalized spacial score (nSPS) is 18.7. The van der Waals surface area contributed by atoms with Gasteiger partial charge in [-0.2, -0.15) is 0 Å². The van der Waals surface area contributed by atoms with Crippen molar-refractivity contribution in [1.29, 1.82) is 0 Å². The number of hydrogen-bond acceptors (Lipinski definition) is 3. The third kappa shape index (κ3) is 5.24. The highest BCUT2D eigenvalue weighted by molar-refractivity contribution is 5.85. The molecule has 3 rings (SSSR count). The van der Waals surface area contributed by atoms with Gasteiger partial charge in [0.1, 0.15) is 11.6 Å². The zero-order valence-electron chi connectivity index (χ0n) is 18.5. The summed E-state index contributed by atoms with van der Waals surface area (Å²) in [6.45, 7) is 4.72. The van der Waals surface area contributed by atoms with Crippen molar-refractivity contribution in [2.24, 2.45) is 5.92 Å². The highest BCUT2D eigenvalue weighted by Crippen LogP contribution is 2.40. The number of ether oxygens (including phenoxy) is 1. The Morgan fingerprint density at radius 3 is 2.74 bits per heavy atom. The number of benzene rings is 2. The number of halogens is 1. The Bertz CT molecular complexity index is 931. The van der Waals surface area contributed by atoms with Crippen LogP contribution in [0.25, 0.3) is 0 Å². The molecule has 2 amide bonds. The molecule has 6 heteroatoms. The second-order valence-electron chi connectivity index (χ2n) is 8.07. The van der Waals surface area contributed by atoms with Gasteiger partial charge < -0.3 is 15.0 Å². The van der Waals surface area contributed by atoms with E-state index in [2.05, 4.69) is 12.2 Å². The minimum absolute atomic E-state index is 0.0718. The van der Waals surface area contributed by atoms with Gasteiger partial charge in [-0.1, -0.05) is 43.7 Å². The minimum atomic E-state index is -0.382. The third-order valence-electron chi connectivity index (χ3n) is 5.94. The fraction of sp³-hybridized carbons (Fsp3) is 0.440. The van der Waals surface area contributed by atoms with Crippen LogP contribution in [0, 0.1) is 18.7 Å². The largest absolute Gasteiger partial charge is 0.496 e. The van der Waals surface area contributed by atoms with Gasteiger partial charge in [-0.25, -0.2) is 4.39 Å². The van der Waals surface area contributed by atoms with Crippen LogP contribution in [0.4, 0.5) is 4.39 Å². The van der Waals surface area contributed by atoms with Crippen LogP contribution in [0.1, 0.15) is 55.3 Å². The molecule has 1 saturated heterocycles. The van der Waals surface area contributed by atoms with E-state index in [0.29, 0.717) is 37.2 Å². The SMILES string of the molecule is CCCCN1C(=O)CCC(C(=O)NCc2ccc(F)c(C)c2)C1c1ccccc1OC. The maximum absolute atomic E-state index is 13.5. The highest BCUT2D eigenvalue weighted by atomic mass is 19.1. The van der Waals surface area contributed by atoms with E-state index in [4.69, 9.17) is 4.74 Å². The molecular formula is C25H31FN2O3. The van der Waals surface area contributed by atoms with Gasteiger partial charge in [0.2, 0.25) is 11.8 Å². The Hall–Kier alpha value is -2.89. The summed E-state index contributed by atoms with van der Waals surface area (Å²) < 4.78 is 19.1. The summed E-state index contributed by atoms with van der Waals surface area (Å²) in [4.78, 5) is 27.9. The molecule has 0 radical (unpaired) electrons. The topological polar surface area (TPSA) is 58.6 Å². The van der Waals surface area contributed by atoms with Crippen LogP contribution in [0.5, 0.6) is 5.75 Å². The van der Waals surface area contributed by atoms with Gasteiger partial charge in [0.25, 0.3) is 0 Å². The van der Waals surface area contributed by atoms with Crippen LogP contribution in [-0.2, 0) is 16.1 Å². The molecule has 0 saturated carbocycles. The highest BCUT2D eigenvalue weighted by Gasteiger charge is 2.41. The van der Waals surface area contributed by atoms with Crippen LogP contribution in [0.3, 0.4) is 0 Å². The molecular weight excluding hydrogens is 395 g/mol. The van der Waals surface area contributed by atoms with Crippen molar-refractivity contribution >= 4 is 11.8 Å². The number of likely N-dealkylation sites (tertiary alicyclic amines) is 1. The summed E-state index contributed by atoms with van der Waals surface area (Å²) in [7, 11) is 1.60. The number of para-hydroxylation sites is 1. The molecule has 2 aromatic rings. The van der Waals surface area contributed by atoms with Crippen molar-refractivity contribution in [3.8, 4) is 5.75 Å². The first-order valence-corrected chi connectivity index (χ1v) is 10.9. The van der Waals surface area contributed by atoms with Crippen LogP contribution < -0.4 is 10.1 Å². The van der Waals surface area contributed by atoms with Gasteiger partial charge in [0.05, 0.1) is 19.1 Å². The first-order chi connectivity index (χ1) is 15.0. The van der Waals surface area contributed by atoms with E-state index in [0.717, 1.165) is 24.0 Å². The lowest BCUT2D eigenvalue weighted by molar-refractivity contribution is -0.143. The quantitative estimate of drug-likeness (QED) is 0.674. The average Bonchev–Trinajstić information content (AvgIpc) is 2.78. The molecule has 1 heterocycles. The number of rotatable bonds is 8. The van der Waals surface area contributed by atoms with Gasteiger partial charge in [0.15, 0.2) is 0 Å². The molecule has 1 fully saturated rings. The Balaban J connectivity index is 1.86. The first-order valence-electron chi connectivity index (χ1n) is 10.9. The van der Waals surface area contributed by atoms with E-state index in [1.54, 1.807) is 26.2 Å². The Morgan fingerprint density at radius 2 is 2.03 bits per heavy atom. The van der Waals surface area contributed by atoms with E-state index in [-0.39, 0.29) is 29.6 Å². The second-order valence-corrected chi connectivity index (χ2v) is 8.07. The van der Waals surface area contributed by atoms with Crippen LogP contribution in [-0.4, -0.2) is 30.4 Å². The number of aryl methyl sites for hydroxylation is 1. The summed E-state index contributed by atoms with van der Waals surface area (Å²) in [5.74, 6) is 0.00109. The lowest BCUT2D eigenvalue weighted by atomic mass is 9.83. The zero-order chi connectivity index (χ0) is 22.4. The molecule has 1 aliphatic heterocycles. The smallest absolute Gasteiger partial charge is 0.225 e. The predicted octanol–water partition coefficient (Wildman–Crippen LogP) is 4.54. The first kappa shape index (κ1) is 22.8. The van der Waals surface area contributed by atoms with Crippen molar-refractivity contribution < 1.29 is 18.7 Å². The summed E-state index contributed by atoms with van der Waals surface area (Å²) in [6.07, 6.45) is 2.67. The number of nitrogens with zero attached hydrogens (tertiary/aromatic N) is 1. The van der Waals surface area contributed by atoms with Crippen LogP contribution in [0.15, 0.2) is 42.5 Å². The van der Waals surface area contributed by atoms with E-state index >= 15 is 0 Å². The predicted molar refractivity (Wildman–Crippen MR) is 118 cm³/mol. The van der Waals surface area contributed by atoms with E-state index in [1.165, 1.54) is 6.07 Å². The van der Waals surface area contributed by atoms with E-state index in [9.17, 15) is 14.0 Å². The number of unbranched alkanes of at least 4 members (excludes halogenated alkanes) is 1. The summed E-state index contributed by atoms with van der Waals surface area (Å²) in [6, 6.07) is 12.1. The van der Waals surface area contributed by atoms with Crippen LogP contribution in [0.2, 0.25) is 0 Å². The molecule has 0 bridgehead atoms. The number of nitrogens with one attached hydrogen (secondary N) is 1. The number of amides is 2. The lowest BCUT2D eigenvalue weighted by Gasteiger charge is -2.41. The molecule has 2 atom stereocenters. The maximum atomic E-state index is 13.5. The van der Waals surface area contributed by atoms with Crippen molar-refractivity contribution in [1.82, 2.24) is 10.2 Å². The summed E-state index contributed by atoms with van der Waals surface area (Å²) in [5.41, 5.74) is 2.25. The standard InChI is InChI=1S/C25H31FN2O3/c1-4-5-14-28-23(29)13-11-20(24(28)19-8-6-7-9-22(19)31-3)25(30)27-16-18-10-12-21(26)17(2)15-18/h6-10,12,15,20,24H,4-5,11,13-14,16H2,1-3H3,(H,27,30). The Morgan fingerprint density at radius 1 is 1.26 bits per heavy atom. The molecule has 0 aliphatic carbocycles. The number of carbonyl (C=O) groups excluding carboxylic acids is 2. The van der Waals surface area contributed by atoms with Crippen LogP contribution >= 0.6 is 0 Å². The molecule has 5 nitrogen and oxygen atoms in total. The fourth-order valence-corrected chi connectivity index (χ4v) is 4.25. The molecule has 31 heavy (non-hydrogen) atoms. The molecule has 0 aromatic heterocycles. The summed E-state index contributed by atoms with van der Waals surface area (Å²) in [5, 5.41) is 3.00. The fourth-order valence-electron chi connectivity index (χ4n) is 4.25. The minimum Gasteiger partial charge on any atom is -0.496 e. The van der Waals surface area contributed by atoms with Crippen molar-refractivity contribution in [3.63, 3.8) is 0 Å². The number of hydrogen-bond donors (Lipinski definition) is 1. The Labute approximate surface area is 183 Å². The number of methoxy groups -OCH3 is 1. The van der Waals surface area contributed by atoms with E-state index in [1.807, 2.05) is 29.2 Å². The van der Waals surface area contributed by atoms with Crippen molar-refractivity contribution in [3.05, 3.63) is 65.0 Å². The molecule has 166 valence electrons. The van der Waals surface area contributed by atoms with E-state index < -0.39 is 0 Å². The zero-order valence-corrected chi connectivity index (χ0v) is 18.5. The lowest BCUT2D eigenvalue weighted by Crippen LogP contribution is -2.48. The second kappa shape index (κ2) is 10.4. The van der Waals surface area contributed by atoms with Crippen molar-refractivity contribution in [2.45, 2.75) is 52.1 Å². The molecule has 0 spiro atoms. The third-order valence-corrected chi connectivity index (χ3v) is 5.94. The average molecular weight is 427 g/mol. The van der Waals surface area contributed by atoms with Gasteiger partial charge in [-0.05, 0) is 43.0 Å². The van der Waals surface area contributed by atoms with Gasteiger partial charge >= 0.3 is 0 Å². The summed E-state index contributed by atoms with van der Waals surface area (Å²) >= 11 is 0. The maximum Gasteiger partial charge on any atom is 0.225 e. The number of piperidine rings is 1. The van der Waals surface area contributed by atoms with Gasteiger partial charge in [0, 0.05) is 25.1 Å². The van der Waals surface area contributed by atoms with Crippen molar-refractivity contribution in [2.75, 3.05) is 13.7 Å². The Kier molecular flexibility index (Phi) is 7.66. The molecule has 2 unspecified atom stereocenters. The molecule has 1 N–H and O–H groups in total. The van der Waals surface area contributed by atoms with Gasteiger partial charge in [-0.15, -0.1) is 0 Å². The molecule has 2 aromatic carbocycles.